The Bertz CT molecular complexity index is 1430. The molecule has 4 aromatic rings. The van der Waals surface area contributed by atoms with Crippen LogP contribution in [0.4, 0.5) is 0 Å². The van der Waals surface area contributed by atoms with E-state index in [0.29, 0.717) is 18.0 Å². The predicted molar refractivity (Wildman–Crippen MR) is 131 cm³/mol. The van der Waals surface area contributed by atoms with Gasteiger partial charge in [-0.25, -0.2) is 0 Å². The van der Waals surface area contributed by atoms with Crippen LogP contribution in [0.25, 0.3) is 22.5 Å². The van der Waals surface area contributed by atoms with Crippen molar-refractivity contribution in [1.82, 2.24) is 20.6 Å². The number of H-pyrrole nitrogens is 1. The first-order valence-corrected chi connectivity index (χ1v) is 11.5. The molecule has 2 aliphatic rings. The fourth-order valence-electron chi connectivity index (χ4n) is 4.81. The highest BCUT2D eigenvalue weighted by molar-refractivity contribution is 5.95. The Morgan fingerprint density at radius 2 is 1.91 bits per heavy atom. The fourth-order valence-corrected chi connectivity index (χ4v) is 4.81. The van der Waals surface area contributed by atoms with Gasteiger partial charge in [0.1, 0.15) is 11.5 Å². The van der Waals surface area contributed by atoms with Gasteiger partial charge >= 0.3 is 0 Å². The zero-order valence-electron chi connectivity index (χ0n) is 19.5. The van der Waals surface area contributed by atoms with E-state index in [1.165, 1.54) is 0 Å². The first-order chi connectivity index (χ1) is 17.1. The van der Waals surface area contributed by atoms with Gasteiger partial charge in [0.15, 0.2) is 11.5 Å². The summed E-state index contributed by atoms with van der Waals surface area (Å²) in [6, 6.07) is 17.8. The van der Waals surface area contributed by atoms with Gasteiger partial charge in [-0.05, 0) is 77.6 Å². The lowest BCUT2D eigenvalue weighted by Gasteiger charge is -2.17. The number of tetrazole rings is 1. The van der Waals surface area contributed by atoms with Gasteiger partial charge in [0, 0.05) is 19.0 Å². The summed E-state index contributed by atoms with van der Waals surface area (Å²) in [4.78, 5) is 13.5. The second kappa shape index (κ2) is 8.23. The Labute approximate surface area is 203 Å². The molecular formula is C27H26N4O4. The van der Waals surface area contributed by atoms with E-state index in [-0.39, 0.29) is 14.0 Å². The third kappa shape index (κ3) is 3.71. The van der Waals surface area contributed by atoms with Crippen molar-refractivity contribution >= 4 is 5.78 Å². The molecule has 0 radical (unpaired) electrons. The number of benzene rings is 3. The molecule has 0 spiro atoms. The number of carbonyl (C=O) groups excluding carboxylic acids is 1. The van der Waals surface area contributed by atoms with Gasteiger partial charge in [-0.3, -0.25) is 4.79 Å². The topological polar surface area (TPSA) is 99.2 Å². The summed E-state index contributed by atoms with van der Waals surface area (Å²) in [6.07, 6.45) is 2.06. The number of carbonyl (C=O) groups is 1. The average Bonchev–Trinajstić information content (AvgIpc) is 3.27. The third-order valence-electron chi connectivity index (χ3n) is 6.97. The number of hydrogen-bond donors (Lipinski definition) is 1. The van der Waals surface area contributed by atoms with E-state index < -0.39 is 5.41 Å². The molecule has 35 heavy (non-hydrogen) atoms. The van der Waals surface area contributed by atoms with E-state index in [1.807, 2.05) is 42.5 Å². The number of fused-ring (bicyclic) bond motifs is 1. The minimum atomic E-state index is -0.442. The van der Waals surface area contributed by atoms with E-state index >= 15 is 0 Å². The SMILES string of the molecule is COc1ccc(-c2nn[nH]n2)cc1-c1cc(CC(=O)C2(c3ccc4c(c3)OCO4)CC2)ccc1C.[HH]. The molecule has 3 aromatic carbocycles. The Balaban J connectivity index is 0.00000267. The molecule has 1 N–H and O–H groups in total. The standard InChI is InChI=1S/C27H24N4O4.H2/c1-16-3-4-17(11-20(16)21-13-18(5-7-22(21)33-2)26-28-30-31-29-26)12-25(32)27(9-10-27)19-6-8-23-24(14-19)35-15-34-23;/h3-8,11,13-14H,9-10,12,15H2,1-2H3,(H,28,29,30,31);1H. The predicted octanol–water partition coefficient (Wildman–Crippen LogP) is 4.67. The quantitative estimate of drug-likeness (QED) is 0.419. The highest BCUT2D eigenvalue weighted by Gasteiger charge is 2.50. The molecule has 0 saturated heterocycles. The number of nitrogens with one attached hydrogen (secondary N) is 1. The fraction of sp³-hybridized carbons (Fsp3) is 0.259. The van der Waals surface area contributed by atoms with Crippen LogP contribution in [0.2, 0.25) is 0 Å². The first-order valence-electron chi connectivity index (χ1n) is 11.5. The molecule has 1 saturated carbocycles. The summed E-state index contributed by atoms with van der Waals surface area (Å²) < 4.78 is 16.6. The number of rotatable bonds is 7. The largest absolute Gasteiger partial charge is 0.496 e. The molecule has 1 aromatic heterocycles. The number of Topliss-reactive ketones (excluding diaryl/α,β-unsaturated/α-hetero) is 1. The highest BCUT2D eigenvalue weighted by atomic mass is 16.7. The molecule has 8 nitrogen and oxygen atoms in total. The zero-order valence-corrected chi connectivity index (χ0v) is 19.5. The van der Waals surface area contributed by atoms with Crippen LogP contribution in [0.5, 0.6) is 17.2 Å². The van der Waals surface area contributed by atoms with E-state index in [4.69, 9.17) is 14.2 Å². The Morgan fingerprint density at radius 1 is 1.06 bits per heavy atom. The van der Waals surface area contributed by atoms with Gasteiger partial charge < -0.3 is 14.2 Å². The third-order valence-corrected chi connectivity index (χ3v) is 6.97. The Morgan fingerprint density at radius 3 is 2.69 bits per heavy atom. The minimum absolute atomic E-state index is 0. The molecule has 1 aliphatic carbocycles. The lowest BCUT2D eigenvalue weighted by atomic mass is 9.86. The summed E-state index contributed by atoms with van der Waals surface area (Å²) in [5, 5.41) is 14.3. The van der Waals surface area contributed by atoms with E-state index in [1.54, 1.807) is 7.11 Å². The number of ketones is 1. The van der Waals surface area contributed by atoms with Crippen molar-refractivity contribution in [2.45, 2.75) is 31.6 Å². The molecule has 6 rings (SSSR count). The average molecular weight is 471 g/mol. The second-order valence-corrected chi connectivity index (χ2v) is 9.05. The Hall–Kier alpha value is -4.20. The van der Waals surface area contributed by atoms with Crippen molar-refractivity contribution < 1.29 is 20.4 Å². The molecule has 0 atom stereocenters. The first kappa shape index (κ1) is 21.3. The number of hydrogen-bond acceptors (Lipinski definition) is 7. The van der Waals surface area contributed by atoms with E-state index in [0.717, 1.165) is 57.7 Å². The molecule has 0 bridgehead atoms. The number of methoxy groups -OCH3 is 1. The number of nitrogens with zero attached hydrogens (tertiary/aromatic N) is 3. The monoisotopic (exact) mass is 470 g/mol. The molecule has 178 valence electrons. The highest BCUT2D eigenvalue weighted by Crippen LogP contribution is 2.51. The van der Waals surface area contributed by atoms with Crippen LogP contribution < -0.4 is 14.2 Å². The maximum Gasteiger partial charge on any atom is 0.231 e. The maximum absolute atomic E-state index is 13.5. The van der Waals surface area contributed by atoms with Gasteiger partial charge in [-0.1, -0.05) is 24.3 Å². The van der Waals surface area contributed by atoms with Gasteiger partial charge in [-0.2, -0.15) is 5.21 Å². The summed E-state index contributed by atoms with van der Waals surface area (Å²) in [5.74, 6) is 2.92. The molecule has 0 unspecified atom stereocenters. The minimum Gasteiger partial charge on any atom is -0.496 e. The van der Waals surface area contributed by atoms with Gasteiger partial charge in [0.25, 0.3) is 0 Å². The molecule has 1 aliphatic heterocycles. The van der Waals surface area contributed by atoms with Crippen LogP contribution in [-0.2, 0) is 16.6 Å². The summed E-state index contributed by atoms with van der Waals surface area (Å²) >= 11 is 0. The number of ether oxygens (including phenoxy) is 3. The van der Waals surface area contributed by atoms with E-state index in [9.17, 15) is 4.79 Å². The normalized spacial score (nSPS) is 15.1. The van der Waals surface area contributed by atoms with Crippen molar-refractivity contribution in [1.29, 1.82) is 0 Å². The van der Waals surface area contributed by atoms with Crippen LogP contribution in [0.15, 0.2) is 54.6 Å². The summed E-state index contributed by atoms with van der Waals surface area (Å²) in [6.45, 7) is 2.28. The van der Waals surface area contributed by atoms with Crippen LogP contribution in [0.1, 0.15) is 31.0 Å². The molecular weight excluding hydrogens is 444 g/mol. The number of aromatic nitrogens is 4. The summed E-state index contributed by atoms with van der Waals surface area (Å²) in [5.41, 5.74) is 5.37. The van der Waals surface area contributed by atoms with E-state index in [2.05, 4.69) is 39.7 Å². The van der Waals surface area contributed by atoms with Gasteiger partial charge in [0.2, 0.25) is 12.6 Å². The zero-order chi connectivity index (χ0) is 24.0. The Kier molecular flexibility index (Phi) is 5.02. The van der Waals surface area contributed by atoms with Crippen molar-refractivity contribution in [2.24, 2.45) is 0 Å². The lowest BCUT2D eigenvalue weighted by molar-refractivity contribution is -0.120. The van der Waals surface area contributed by atoms with Gasteiger partial charge in [-0.15, -0.1) is 10.2 Å². The maximum atomic E-state index is 13.5. The molecule has 1 fully saturated rings. The lowest BCUT2D eigenvalue weighted by Crippen LogP contribution is -2.22. The second-order valence-electron chi connectivity index (χ2n) is 9.05. The molecule has 2 heterocycles. The van der Waals surface area contributed by atoms with Crippen molar-refractivity contribution in [2.75, 3.05) is 13.9 Å². The smallest absolute Gasteiger partial charge is 0.231 e. The molecule has 8 heteroatoms. The van der Waals surface area contributed by atoms with Crippen molar-refractivity contribution in [3.63, 3.8) is 0 Å². The van der Waals surface area contributed by atoms with Crippen LogP contribution >= 0.6 is 0 Å². The van der Waals surface area contributed by atoms with Crippen LogP contribution in [0, 0.1) is 6.92 Å². The van der Waals surface area contributed by atoms with Crippen molar-refractivity contribution in [3.05, 3.63) is 71.3 Å². The van der Waals surface area contributed by atoms with Crippen molar-refractivity contribution in [3.8, 4) is 39.8 Å². The van der Waals surface area contributed by atoms with Crippen LogP contribution in [-0.4, -0.2) is 40.3 Å². The number of aryl methyl sites for hydroxylation is 1. The van der Waals surface area contributed by atoms with Crippen LogP contribution in [0.3, 0.4) is 0 Å². The number of aromatic amines is 1. The van der Waals surface area contributed by atoms with Gasteiger partial charge in [0.05, 0.1) is 12.5 Å². The molecule has 0 amide bonds. The summed E-state index contributed by atoms with van der Waals surface area (Å²) in [7, 11) is 1.65.